The Kier molecular flexibility index (Phi) is 4.21. The van der Waals surface area contributed by atoms with Gasteiger partial charge < -0.3 is 5.73 Å². The fourth-order valence-corrected chi connectivity index (χ4v) is 3.18. The van der Waals surface area contributed by atoms with E-state index in [2.05, 4.69) is 0 Å². The Labute approximate surface area is 99.4 Å². The quantitative estimate of drug-likeness (QED) is 0.648. The number of nitrogens with two attached hydrogens (primary N) is 1. The molecule has 0 amide bonds. The lowest BCUT2D eigenvalue weighted by molar-refractivity contribution is 0.603. The highest BCUT2D eigenvalue weighted by Crippen LogP contribution is 2.22. The molecule has 0 fully saturated rings. The van der Waals surface area contributed by atoms with E-state index in [0.717, 1.165) is 4.90 Å². The van der Waals surface area contributed by atoms with Crippen molar-refractivity contribution < 1.29 is 8.42 Å². The minimum absolute atomic E-state index is 0.129. The number of nitrogens with zero attached hydrogens (tertiary/aromatic N) is 1. The SMILES string of the molecule is CS(=O)(=O)CCSc1ccc(N)c(C#N)c1. The number of hydrogen-bond donors (Lipinski definition) is 1. The molecule has 6 heteroatoms. The molecule has 0 radical (unpaired) electrons. The van der Waals surface area contributed by atoms with Gasteiger partial charge in [-0.05, 0) is 18.2 Å². The molecule has 0 saturated heterocycles. The third-order valence-electron chi connectivity index (χ3n) is 1.87. The standard InChI is InChI=1S/C10H12N2O2S2/c1-16(13,14)5-4-15-9-2-3-10(12)8(6-9)7-11/h2-3,6H,4-5,12H2,1H3. The van der Waals surface area contributed by atoms with Crippen molar-refractivity contribution in [2.75, 3.05) is 23.5 Å². The molecule has 1 rings (SSSR count). The van der Waals surface area contributed by atoms with Gasteiger partial charge in [0.25, 0.3) is 0 Å². The molecule has 16 heavy (non-hydrogen) atoms. The summed E-state index contributed by atoms with van der Waals surface area (Å²) in [6.45, 7) is 0. The van der Waals surface area contributed by atoms with Gasteiger partial charge in [0.2, 0.25) is 0 Å². The van der Waals surface area contributed by atoms with Crippen molar-refractivity contribution in [3.63, 3.8) is 0 Å². The molecule has 0 saturated carbocycles. The second kappa shape index (κ2) is 5.23. The summed E-state index contributed by atoms with van der Waals surface area (Å²) in [5, 5.41) is 8.76. The molecule has 0 aromatic heterocycles. The number of benzene rings is 1. The molecule has 0 aliphatic heterocycles. The molecular formula is C10H12N2O2S2. The Morgan fingerprint density at radius 1 is 1.50 bits per heavy atom. The molecule has 4 nitrogen and oxygen atoms in total. The number of anilines is 1. The Morgan fingerprint density at radius 3 is 2.75 bits per heavy atom. The predicted octanol–water partition coefficient (Wildman–Crippen LogP) is 1.28. The van der Waals surface area contributed by atoms with E-state index in [1.807, 2.05) is 6.07 Å². The first-order chi connectivity index (χ1) is 7.42. The maximum atomic E-state index is 10.9. The fourth-order valence-electron chi connectivity index (χ4n) is 1.03. The molecule has 0 aliphatic carbocycles. The predicted molar refractivity (Wildman–Crippen MR) is 66.0 cm³/mol. The zero-order valence-electron chi connectivity index (χ0n) is 8.80. The molecule has 1 aromatic rings. The largest absolute Gasteiger partial charge is 0.398 e. The summed E-state index contributed by atoms with van der Waals surface area (Å²) in [6, 6.07) is 7.09. The molecule has 1 aromatic carbocycles. The van der Waals surface area contributed by atoms with Crippen LogP contribution in [-0.4, -0.2) is 26.2 Å². The lowest BCUT2D eigenvalue weighted by Crippen LogP contribution is -2.04. The van der Waals surface area contributed by atoms with Crippen LogP contribution in [0.15, 0.2) is 23.1 Å². The van der Waals surface area contributed by atoms with E-state index in [0.29, 0.717) is 17.0 Å². The number of hydrogen-bond acceptors (Lipinski definition) is 5. The minimum atomic E-state index is -2.93. The van der Waals surface area contributed by atoms with E-state index in [-0.39, 0.29) is 5.75 Å². The lowest BCUT2D eigenvalue weighted by Gasteiger charge is -2.03. The van der Waals surface area contributed by atoms with Crippen LogP contribution in [0.4, 0.5) is 5.69 Å². The van der Waals surface area contributed by atoms with Gasteiger partial charge in [0.05, 0.1) is 11.3 Å². The van der Waals surface area contributed by atoms with Crippen LogP contribution < -0.4 is 5.73 Å². The third-order valence-corrected chi connectivity index (χ3v) is 4.07. The van der Waals surface area contributed by atoms with Crippen LogP contribution in [0.25, 0.3) is 0 Å². The van der Waals surface area contributed by atoms with Crippen LogP contribution in [-0.2, 0) is 9.84 Å². The van der Waals surface area contributed by atoms with Crippen molar-refractivity contribution in [2.24, 2.45) is 0 Å². The summed E-state index contributed by atoms with van der Waals surface area (Å²) in [6.07, 6.45) is 1.21. The number of rotatable bonds is 4. The summed E-state index contributed by atoms with van der Waals surface area (Å²) in [5.74, 6) is 0.609. The van der Waals surface area contributed by atoms with Crippen LogP contribution in [0.3, 0.4) is 0 Å². The van der Waals surface area contributed by atoms with Gasteiger partial charge in [0.1, 0.15) is 15.9 Å². The van der Waals surface area contributed by atoms with Gasteiger partial charge in [-0.25, -0.2) is 8.42 Å². The van der Waals surface area contributed by atoms with E-state index in [4.69, 9.17) is 11.0 Å². The number of nitriles is 1. The molecular weight excluding hydrogens is 244 g/mol. The van der Waals surface area contributed by atoms with Gasteiger partial charge in [-0.2, -0.15) is 5.26 Å². The van der Waals surface area contributed by atoms with E-state index in [1.54, 1.807) is 18.2 Å². The maximum absolute atomic E-state index is 10.9. The van der Waals surface area contributed by atoms with Crippen molar-refractivity contribution in [3.05, 3.63) is 23.8 Å². The zero-order valence-corrected chi connectivity index (χ0v) is 10.4. The first-order valence-electron chi connectivity index (χ1n) is 4.52. The van der Waals surface area contributed by atoms with Crippen LogP contribution in [0.5, 0.6) is 0 Å². The first-order valence-corrected chi connectivity index (χ1v) is 7.57. The van der Waals surface area contributed by atoms with Gasteiger partial charge in [-0.3, -0.25) is 0 Å². The molecule has 0 unspecified atom stereocenters. The van der Waals surface area contributed by atoms with Crippen molar-refractivity contribution >= 4 is 27.3 Å². The average molecular weight is 256 g/mol. The van der Waals surface area contributed by atoms with Crippen LogP contribution >= 0.6 is 11.8 Å². The molecule has 0 heterocycles. The Hall–Kier alpha value is -1.19. The van der Waals surface area contributed by atoms with Crippen LogP contribution in [0.1, 0.15) is 5.56 Å². The van der Waals surface area contributed by atoms with Crippen molar-refractivity contribution in [3.8, 4) is 6.07 Å². The monoisotopic (exact) mass is 256 g/mol. The maximum Gasteiger partial charge on any atom is 0.148 e. The zero-order chi connectivity index (χ0) is 12.2. The number of nitrogen functional groups attached to an aromatic ring is 1. The highest BCUT2D eigenvalue weighted by Gasteiger charge is 2.04. The van der Waals surface area contributed by atoms with E-state index < -0.39 is 9.84 Å². The smallest absolute Gasteiger partial charge is 0.148 e. The summed E-state index contributed by atoms with van der Waals surface area (Å²) in [7, 11) is -2.93. The van der Waals surface area contributed by atoms with Crippen molar-refractivity contribution in [2.45, 2.75) is 4.90 Å². The summed E-state index contributed by atoms with van der Waals surface area (Å²) in [5.41, 5.74) is 6.43. The van der Waals surface area contributed by atoms with E-state index in [9.17, 15) is 8.42 Å². The van der Waals surface area contributed by atoms with Gasteiger partial charge in [0, 0.05) is 22.6 Å². The van der Waals surface area contributed by atoms with Crippen LogP contribution in [0.2, 0.25) is 0 Å². The first kappa shape index (κ1) is 12.9. The highest BCUT2D eigenvalue weighted by molar-refractivity contribution is 8.00. The average Bonchev–Trinajstić information content (AvgIpc) is 2.18. The topological polar surface area (TPSA) is 83.9 Å². The molecule has 0 atom stereocenters. The molecule has 2 N–H and O–H groups in total. The second-order valence-electron chi connectivity index (χ2n) is 3.34. The van der Waals surface area contributed by atoms with E-state index in [1.165, 1.54) is 18.0 Å². The second-order valence-corrected chi connectivity index (χ2v) is 6.77. The normalized spacial score (nSPS) is 11.0. The molecule has 0 bridgehead atoms. The Bertz CT molecular complexity index is 518. The Balaban J connectivity index is 2.66. The van der Waals surface area contributed by atoms with Gasteiger partial charge in [-0.1, -0.05) is 0 Å². The highest BCUT2D eigenvalue weighted by atomic mass is 32.2. The van der Waals surface area contributed by atoms with E-state index >= 15 is 0 Å². The van der Waals surface area contributed by atoms with Crippen molar-refractivity contribution in [1.29, 1.82) is 5.26 Å². The summed E-state index contributed by atoms with van der Waals surface area (Å²) < 4.78 is 21.8. The fraction of sp³-hybridized carbons (Fsp3) is 0.300. The molecule has 86 valence electrons. The summed E-state index contributed by atoms with van der Waals surface area (Å²) >= 11 is 1.40. The minimum Gasteiger partial charge on any atom is -0.398 e. The molecule has 0 spiro atoms. The Morgan fingerprint density at radius 2 is 2.19 bits per heavy atom. The van der Waals surface area contributed by atoms with Crippen LogP contribution in [0, 0.1) is 11.3 Å². The third kappa shape index (κ3) is 4.13. The van der Waals surface area contributed by atoms with Gasteiger partial charge >= 0.3 is 0 Å². The molecule has 0 aliphatic rings. The van der Waals surface area contributed by atoms with Gasteiger partial charge in [0.15, 0.2) is 0 Å². The lowest BCUT2D eigenvalue weighted by atomic mass is 10.2. The number of sulfone groups is 1. The van der Waals surface area contributed by atoms with Crippen molar-refractivity contribution in [1.82, 2.24) is 0 Å². The van der Waals surface area contributed by atoms with Gasteiger partial charge in [-0.15, -0.1) is 11.8 Å². The number of thioether (sulfide) groups is 1. The summed E-state index contributed by atoms with van der Waals surface area (Å²) in [4.78, 5) is 0.856.